The fourth-order valence-electron chi connectivity index (χ4n) is 1.64. The van der Waals surface area contributed by atoms with E-state index < -0.39 is 0 Å². The third-order valence-corrected chi connectivity index (χ3v) is 4.09. The number of fused-ring (bicyclic) bond motifs is 1. The summed E-state index contributed by atoms with van der Waals surface area (Å²) in [5.74, 6) is 0.213. The maximum Gasteiger partial charge on any atom is 0.348 e. The SMILES string of the molecule is COC(=O)c1sc2ccc(CCl)cc2c1C. The van der Waals surface area contributed by atoms with Crippen molar-refractivity contribution < 1.29 is 9.53 Å². The van der Waals surface area contributed by atoms with Crippen LogP contribution < -0.4 is 0 Å². The Hall–Kier alpha value is -1.06. The molecule has 0 saturated carbocycles. The summed E-state index contributed by atoms with van der Waals surface area (Å²) in [6.07, 6.45) is 0. The van der Waals surface area contributed by atoms with Crippen LogP contribution in [-0.2, 0) is 10.6 Å². The highest BCUT2D eigenvalue weighted by Gasteiger charge is 2.15. The Kier molecular flexibility index (Phi) is 3.17. The zero-order valence-corrected chi connectivity index (χ0v) is 10.6. The predicted octanol–water partition coefficient (Wildman–Crippen LogP) is 3.74. The van der Waals surface area contributed by atoms with Gasteiger partial charge in [0, 0.05) is 10.6 Å². The van der Waals surface area contributed by atoms with Crippen molar-refractivity contribution in [1.29, 1.82) is 0 Å². The molecule has 2 rings (SSSR count). The van der Waals surface area contributed by atoms with Crippen LogP contribution in [0.5, 0.6) is 0 Å². The molecule has 0 amide bonds. The molecule has 0 unspecified atom stereocenters. The van der Waals surface area contributed by atoms with Gasteiger partial charge in [-0.15, -0.1) is 22.9 Å². The molecule has 0 aliphatic carbocycles. The van der Waals surface area contributed by atoms with Crippen molar-refractivity contribution in [1.82, 2.24) is 0 Å². The number of carbonyl (C=O) groups is 1. The van der Waals surface area contributed by atoms with Crippen LogP contribution in [0.4, 0.5) is 0 Å². The first-order valence-corrected chi connectivity index (χ1v) is 6.18. The smallest absolute Gasteiger partial charge is 0.348 e. The minimum absolute atomic E-state index is 0.272. The van der Waals surface area contributed by atoms with Crippen molar-refractivity contribution in [3.8, 4) is 0 Å². The Morgan fingerprint density at radius 3 is 2.88 bits per heavy atom. The highest BCUT2D eigenvalue weighted by Crippen LogP contribution is 2.32. The van der Waals surface area contributed by atoms with Crippen LogP contribution in [0.15, 0.2) is 18.2 Å². The Bertz CT molecular complexity index is 545. The zero-order valence-electron chi connectivity index (χ0n) is 9.04. The molecule has 0 N–H and O–H groups in total. The van der Waals surface area contributed by atoms with E-state index in [9.17, 15) is 4.79 Å². The van der Waals surface area contributed by atoms with Crippen LogP contribution >= 0.6 is 22.9 Å². The summed E-state index contributed by atoms with van der Waals surface area (Å²) in [4.78, 5) is 12.2. The quantitative estimate of drug-likeness (QED) is 0.603. The normalized spacial score (nSPS) is 10.7. The lowest BCUT2D eigenvalue weighted by molar-refractivity contribution is 0.0605. The number of esters is 1. The molecule has 0 saturated heterocycles. The van der Waals surface area contributed by atoms with Crippen LogP contribution in [0.25, 0.3) is 10.1 Å². The Labute approximate surface area is 103 Å². The monoisotopic (exact) mass is 254 g/mol. The molecule has 1 aromatic heterocycles. The summed E-state index contributed by atoms with van der Waals surface area (Å²) in [7, 11) is 1.40. The number of hydrogen-bond acceptors (Lipinski definition) is 3. The van der Waals surface area contributed by atoms with Crippen molar-refractivity contribution in [3.63, 3.8) is 0 Å². The number of hydrogen-bond donors (Lipinski definition) is 0. The van der Waals surface area contributed by atoms with E-state index in [2.05, 4.69) is 0 Å². The maximum atomic E-state index is 11.5. The van der Waals surface area contributed by atoms with Gasteiger partial charge in [-0.1, -0.05) is 6.07 Å². The molecule has 1 aromatic carbocycles. The lowest BCUT2D eigenvalue weighted by atomic mass is 10.1. The average Bonchev–Trinajstić information content (AvgIpc) is 2.65. The minimum atomic E-state index is -0.272. The summed E-state index contributed by atoms with van der Waals surface area (Å²) in [5, 5.41) is 1.09. The second-order valence-corrected chi connectivity index (χ2v) is 4.83. The molecule has 0 bridgehead atoms. The highest BCUT2D eigenvalue weighted by atomic mass is 35.5. The van der Waals surface area contributed by atoms with Crippen LogP contribution in [0.2, 0.25) is 0 Å². The molecule has 0 atom stereocenters. The minimum Gasteiger partial charge on any atom is -0.465 e. The zero-order chi connectivity index (χ0) is 11.7. The van der Waals surface area contributed by atoms with Gasteiger partial charge in [0.25, 0.3) is 0 Å². The van der Waals surface area contributed by atoms with Gasteiger partial charge in [0.2, 0.25) is 0 Å². The van der Waals surface area contributed by atoms with E-state index in [1.54, 1.807) is 0 Å². The number of alkyl halides is 1. The van der Waals surface area contributed by atoms with Gasteiger partial charge in [-0.2, -0.15) is 0 Å². The third-order valence-electron chi connectivity index (χ3n) is 2.53. The summed E-state index contributed by atoms with van der Waals surface area (Å²) in [6, 6.07) is 6.00. The van der Waals surface area contributed by atoms with Crippen molar-refractivity contribution in [2.45, 2.75) is 12.8 Å². The molecule has 0 radical (unpaired) electrons. The summed E-state index contributed by atoms with van der Waals surface area (Å²) < 4.78 is 5.84. The van der Waals surface area contributed by atoms with Crippen molar-refractivity contribution in [3.05, 3.63) is 34.2 Å². The number of aryl methyl sites for hydroxylation is 1. The second-order valence-electron chi connectivity index (χ2n) is 3.51. The molecule has 0 fully saturated rings. The van der Waals surface area contributed by atoms with E-state index in [-0.39, 0.29) is 5.97 Å². The second kappa shape index (κ2) is 4.44. The van der Waals surface area contributed by atoms with Gasteiger partial charge in [0.05, 0.1) is 7.11 Å². The van der Waals surface area contributed by atoms with Crippen LogP contribution in [-0.4, -0.2) is 13.1 Å². The van der Waals surface area contributed by atoms with E-state index in [1.807, 2.05) is 25.1 Å². The first kappa shape index (κ1) is 11.4. The van der Waals surface area contributed by atoms with Gasteiger partial charge in [-0.3, -0.25) is 0 Å². The standard InChI is InChI=1S/C12H11ClO2S/c1-7-9-5-8(6-13)3-4-10(9)16-11(7)12(14)15-2/h3-5H,6H2,1-2H3. The Morgan fingerprint density at radius 1 is 1.50 bits per heavy atom. The van der Waals surface area contributed by atoms with E-state index in [0.29, 0.717) is 10.8 Å². The van der Waals surface area contributed by atoms with E-state index in [0.717, 1.165) is 21.2 Å². The highest BCUT2D eigenvalue weighted by molar-refractivity contribution is 7.21. The van der Waals surface area contributed by atoms with Gasteiger partial charge < -0.3 is 4.74 Å². The van der Waals surface area contributed by atoms with Gasteiger partial charge in [-0.05, 0) is 35.6 Å². The number of thiophene rings is 1. The summed E-state index contributed by atoms with van der Waals surface area (Å²) >= 11 is 7.25. The first-order chi connectivity index (χ1) is 7.67. The fraction of sp³-hybridized carbons (Fsp3) is 0.250. The number of benzene rings is 1. The molecule has 0 aliphatic heterocycles. The van der Waals surface area contributed by atoms with Crippen LogP contribution in [0, 0.1) is 6.92 Å². The molecule has 2 nitrogen and oxygen atoms in total. The summed E-state index contributed by atoms with van der Waals surface area (Å²) in [6.45, 7) is 1.93. The molecule has 0 aliphatic rings. The number of rotatable bonds is 2. The Morgan fingerprint density at radius 2 is 2.25 bits per heavy atom. The molecule has 4 heteroatoms. The number of methoxy groups -OCH3 is 1. The molecular weight excluding hydrogens is 244 g/mol. The topological polar surface area (TPSA) is 26.3 Å². The van der Waals surface area contributed by atoms with E-state index in [4.69, 9.17) is 16.3 Å². The van der Waals surface area contributed by atoms with Crippen molar-refractivity contribution >= 4 is 39.0 Å². The summed E-state index contributed by atoms with van der Waals surface area (Å²) in [5.41, 5.74) is 2.03. The van der Waals surface area contributed by atoms with E-state index >= 15 is 0 Å². The number of ether oxygens (including phenoxy) is 1. The van der Waals surface area contributed by atoms with Crippen molar-refractivity contribution in [2.75, 3.05) is 7.11 Å². The first-order valence-electron chi connectivity index (χ1n) is 4.83. The Balaban J connectivity index is 2.64. The molecule has 16 heavy (non-hydrogen) atoms. The molecule has 1 heterocycles. The predicted molar refractivity (Wildman–Crippen MR) is 67.5 cm³/mol. The van der Waals surface area contributed by atoms with E-state index in [1.165, 1.54) is 18.4 Å². The fourth-order valence-corrected chi connectivity index (χ4v) is 2.91. The number of carbonyl (C=O) groups excluding carboxylic acids is 1. The molecular formula is C12H11ClO2S. The largest absolute Gasteiger partial charge is 0.465 e. The lowest BCUT2D eigenvalue weighted by Crippen LogP contribution is -1.99. The lowest BCUT2D eigenvalue weighted by Gasteiger charge is -1.97. The van der Waals surface area contributed by atoms with Crippen LogP contribution in [0.1, 0.15) is 20.8 Å². The molecule has 84 valence electrons. The van der Waals surface area contributed by atoms with Gasteiger partial charge in [0.1, 0.15) is 4.88 Å². The maximum absolute atomic E-state index is 11.5. The number of halogens is 1. The average molecular weight is 255 g/mol. The van der Waals surface area contributed by atoms with Gasteiger partial charge in [0.15, 0.2) is 0 Å². The van der Waals surface area contributed by atoms with Crippen LogP contribution in [0.3, 0.4) is 0 Å². The van der Waals surface area contributed by atoms with Crippen molar-refractivity contribution in [2.24, 2.45) is 0 Å². The van der Waals surface area contributed by atoms with Gasteiger partial charge >= 0.3 is 5.97 Å². The molecule has 0 spiro atoms. The van der Waals surface area contributed by atoms with Gasteiger partial charge in [-0.25, -0.2) is 4.79 Å². The molecule has 2 aromatic rings. The third kappa shape index (κ3) is 1.81.